The Kier molecular flexibility index (Phi) is 3.76. The summed E-state index contributed by atoms with van der Waals surface area (Å²) in [4.78, 5) is 0. The van der Waals surface area contributed by atoms with Crippen LogP contribution in [-0.2, 0) is 6.61 Å². The van der Waals surface area contributed by atoms with Crippen LogP contribution in [0.4, 0.5) is 4.39 Å². The maximum atomic E-state index is 13.0. The van der Waals surface area contributed by atoms with E-state index in [0.29, 0.717) is 17.1 Å². The van der Waals surface area contributed by atoms with E-state index >= 15 is 0 Å². The van der Waals surface area contributed by atoms with E-state index in [0.717, 1.165) is 4.47 Å². The minimum Gasteiger partial charge on any atom is -0.457 e. The highest BCUT2D eigenvalue weighted by molar-refractivity contribution is 9.10. The number of hydrogen-bond donors (Lipinski definition) is 1. The molecule has 2 aromatic carbocycles. The lowest BCUT2D eigenvalue weighted by molar-refractivity contribution is 0.276. The smallest absolute Gasteiger partial charge is 0.133 e. The van der Waals surface area contributed by atoms with Crippen molar-refractivity contribution in [3.63, 3.8) is 0 Å². The van der Waals surface area contributed by atoms with E-state index in [-0.39, 0.29) is 6.61 Å². The van der Waals surface area contributed by atoms with E-state index in [9.17, 15) is 4.39 Å². The molecule has 2 aromatic rings. The van der Waals surface area contributed by atoms with Crippen molar-refractivity contribution in [2.24, 2.45) is 0 Å². The van der Waals surface area contributed by atoms with Gasteiger partial charge in [0.25, 0.3) is 0 Å². The highest BCUT2D eigenvalue weighted by Crippen LogP contribution is 2.27. The van der Waals surface area contributed by atoms with E-state index in [1.807, 2.05) is 12.1 Å². The molecule has 0 radical (unpaired) electrons. The molecule has 0 unspecified atom stereocenters. The summed E-state index contributed by atoms with van der Waals surface area (Å²) in [7, 11) is 0. The van der Waals surface area contributed by atoms with Crippen molar-refractivity contribution in [1.82, 2.24) is 0 Å². The highest BCUT2D eigenvalue weighted by Gasteiger charge is 2.05. The van der Waals surface area contributed by atoms with Gasteiger partial charge in [0.05, 0.1) is 6.61 Å². The van der Waals surface area contributed by atoms with Crippen LogP contribution >= 0.6 is 15.9 Å². The molecule has 0 fully saturated rings. The Bertz CT molecular complexity index is 511. The molecule has 0 aliphatic rings. The zero-order valence-corrected chi connectivity index (χ0v) is 10.4. The van der Waals surface area contributed by atoms with Crippen LogP contribution in [-0.4, -0.2) is 5.11 Å². The molecule has 0 atom stereocenters. The van der Waals surface area contributed by atoms with Gasteiger partial charge in [0.15, 0.2) is 0 Å². The molecule has 0 heterocycles. The number of benzene rings is 2. The minimum absolute atomic E-state index is 0.260. The van der Waals surface area contributed by atoms with Gasteiger partial charge in [0.1, 0.15) is 17.3 Å². The van der Waals surface area contributed by atoms with Gasteiger partial charge >= 0.3 is 0 Å². The van der Waals surface area contributed by atoms with Crippen LogP contribution in [0, 0.1) is 5.82 Å². The lowest BCUT2D eigenvalue weighted by Crippen LogP contribution is -1.92. The van der Waals surface area contributed by atoms with Crippen molar-refractivity contribution in [3.8, 4) is 11.5 Å². The normalized spacial score (nSPS) is 10.3. The van der Waals surface area contributed by atoms with E-state index in [1.54, 1.807) is 12.1 Å². The molecular formula is C13H10BrFO2. The van der Waals surface area contributed by atoms with E-state index in [2.05, 4.69) is 15.9 Å². The van der Waals surface area contributed by atoms with E-state index in [1.165, 1.54) is 18.2 Å². The number of aliphatic hydroxyl groups is 1. The fourth-order valence-corrected chi connectivity index (χ4v) is 1.67. The third kappa shape index (κ3) is 3.05. The average molecular weight is 297 g/mol. The topological polar surface area (TPSA) is 29.5 Å². The summed E-state index contributed by atoms with van der Waals surface area (Å²) in [6, 6.07) is 11.3. The van der Waals surface area contributed by atoms with Gasteiger partial charge in [-0.2, -0.15) is 0 Å². The molecule has 2 rings (SSSR count). The Morgan fingerprint density at radius 1 is 1.12 bits per heavy atom. The molecule has 0 saturated heterocycles. The van der Waals surface area contributed by atoms with Crippen LogP contribution in [0.5, 0.6) is 11.5 Å². The largest absolute Gasteiger partial charge is 0.457 e. The number of halogens is 2. The average Bonchev–Trinajstić information content (AvgIpc) is 2.34. The van der Waals surface area contributed by atoms with Crippen molar-refractivity contribution in [1.29, 1.82) is 0 Å². The van der Waals surface area contributed by atoms with Crippen LogP contribution in [0.3, 0.4) is 0 Å². The molecule has 2 nitrogen and oxygen atoms in total. The lowest BCUT2D eigenvalue weighted by Gasteiger charge is -2.09. The zero-order chi connectivity index (χ0) is 12.3. The highest BCUT2D eigenvalue weighted by atomic mass is 79.9. The van der Waals surface area contributed by atoms with Crippen molar-refractivity contribution >= 4 is 15.9 Å². The SMILES string of the molecule is OCc1cc(F)ccc1Oc1ccc(Br)cc1. The predicted octanol–water partition coefficient (Wildman–Crippen LogP) is 3.87. The van der Waals surface area contributed by atoms with Gasteiger partial charge in [-0.15, -0.1) is 0 Å². The molecule has 0 saturated carbocycles. The van der Waals surface area contributed by atoms with Crippen LogP contribution in [0.1, 0.15) is 5.56 Å². The van der Waals surface area contributed by atoms with Crippen LogP contribution in [0.25, 0.3) is 0 Å². The maximum absolute atomic E-state index is 13.0. The summed E-state index contributed by atoms with van der Waals surface area (Å²) in [5.74, 6) is 0.697. The van der Waals surface area contributed by atoms with Gasteiger partial charge in [-0.05, 0) is 42.5 Å². The van der Waals surface area contributed by atoms with Crippen molar-refractivity contribution < 1.29 is 14.2 Å². The fraction of sp³-hybridized carbons (Fsp3) is 0.0769. The third-order valence-electron chi connectivity index (χ3n) is 2.23. The summed E-state index contributed by atoms with van der Waals surface area (Å²) in [5, 5.41) is 9.11. The van der Waals surface area contributed by atoms with E-state index < -0.39 is 5.82 Å². The summed E-state index contributed by atoms with van der Waals surface area (Å²) in [5.41, 5.74) is 0.424. The van der Waals surface area contributed by atoms with Gasteiger partial charge in [0.2, 0.25) is 0 Å². The zero-order valence-electron chi connectivity index (χ0n) is 8.86. The van der Waals surface area contributed by atoms with Crippen LogP contribution in [0.2, 0.25) is 0 Å². The van der Waals surface area contributed by atoms with Gasteiger partial charge < -0.3 is 9.84 Å². The second-order valence-electron chi connectivity index (χ2n) is 3.47. The lowest BCUT2D eigenvalue weighted by atomic mass is 10.2. The van der Waals surface area contributed by atoms with Crippen LogP contribution < -0.4 is 4.74 Å². The molecule has 0 aliphatic carbocycles. The van der Waals surface area contributed by atoms with Gasteiger partial charge in [0, 0.05) is 10.0 Å². The summed E-state index contributed by atoms with van der Waals surface area (Å²) < 4.78 is 19.5. The molecule has 17 heavy (non-hydrogen) atoms. The van der Waals surface area contributed by atoms with Gasteiger partial charge in [-0.25, -0.2) is 4.39 Å². The molecule has 0 bridgehead atoms. The number of ether oxygens (including phenoxy) is 1. The fourth-order valence-electron chi connectivity index (χ4n) is 1.40. The Morgan fingerprint density at radius 3 is 2.47 bits per heavy atom. The Hall–Kier alpha value is -1.39. The third-order valence-corrected chi connectivity index (χ3v) is 2.76. The summed E-state index contributed by atoms with van der Waals surface area (Å²) in [6.45, 7) is -0.260. The first kappa shape index (κ1) is 12.1. The Labute approximate surface area is 107 Å². The summed E-state index contributed by atoms with van der Waals surface area (Å²) in [6.07, 6.45) is 0. The van der Waals surface area contributed by atoms with Crippen molar-refractivity contribution in [2.75, 3.05) is 0 Å². The first-order valence-corrected chi connectivity index (χ1v) is 5.81. The quantitative estimate of drug-likeness (QED) is 0.931. The predicted molar refractivity (Wildman–Crippen MR) is 66.5 cm³/mol. The second-order valence-corrected chi connectivity index (χ2v) is 4.38. The molecule has 1 N–H and O–H groups in total. The molecule has 88 valence electrons. The minimum atomic E-state index is -0.391. The second kappa shape index (κ2) is 5.29. The van der Waals surface area contributed by atoms with Crippen LogP contribution in [0.15, 0.2) is 46.9 Å². The number of hydrogen-bond acceptors (Lipinski definition) is 2. The van der Waals surface area contributed by atoms with Crippen molar-refractivity contribution in [2.45, 2.75) is 6.61 Å². The molecule has 4 heteroatoms. The van der Waals surface area contributed by atoms with E-state index in [4.69, 9.17) is 9.84 Å². The Morgan fingerprint density at radius 2 is 1.82 bits per heavy atom. The van der Waals surface area contributed by atoms with Gasteiger partial charge in [-0.3, -0.25) is 0 Å². The molecular weight excluding hydrogens is 287 g/mol. The molecule has 0 amide bonds. The standard InChI is InChI=1S/C13H10BrFO2/c14-10-1-4-12(5-2-10)17-13-6-3-11(15)7-9(13)8-16/h1-7,16H,8H2. The molecule has 0 spiro atoms. The molecule has 0 aliphatic heterocycles. The van der Waals surface area contributed by atoms with Crippen molar-refractivity contribution in [3.05, 3.63) is 58.3 Å². The first-order valence-electron chi connectivity index (χ1n) is 5.02. The maximum Gasteiger partial charge on any atom is 0.133 e. The number of aliphatic hydroxyl groups excluding tert-OH is 1. The first-order chi connectivity index (χ1) is 8.19. The summed E-state index contributed by atoms with van der Waals surface area (Å²) >= 11 is 3.32. The molecule has 0 aromatic heterocycles. The van der Waals surface area contributed by atoms with Gasteiger partial charge in [-0.1, -0.05) is 15.9 Å². The number of rotatable bonds is 3. The Balaban J connectivity index is 2.26. The monoisotopic (exact) mass is 296 g/mol.